The Kier molecular flexibility index (Phi) is 6.10. The fourth-order valence-electron chi connectivity index (χ4n) is 4.15. The molecule has 0 amide bonds. The Hall–Kier alpha value is -1.92. The van der Waals surface area contributed by atoms with Gasteiger partial charge in [-0.1, -0.05) is 24.3 Å². The lowest BCUT2D eigenvalue weighted by Crippen LogP contribution is -2.34. The van der Waals surface area contributed by atoms with Gasteiger partial charge in [-0.25, -0.2) is 4.79 Å². The molecule has 0 bridgehead atoms. The van der Waals surface area contributed by atoms with Gasteiger partial charge in [0.15, 0.2) is 0 Å². The Morgan fingerprint density at radius 2 is 2.11 bits per heavy atom. The van der Waals surface area contributed by atoms with Crippen molar-refractivity contribution >= 4 is 11.9 Å². The minimum Gasteiger partial charge on any atom is -0.463 e. The number of aliphatic hydroxyl groups excluding tert-OH is 1. The second-order valence-electron chi connectivity index (χ2n) is 8.21. The molecule has 6 heteroatoms. The number of allylic oxidation sites excluding steroid dienone is 3. The van der Waals surface area contributed by atoms with Crippen molar-refractivity contribution in [1.82, 2.24) is 0 Å². The van der Waals surface area contributed by atoms with Crippen LogP contribution in [0.3, 0.4) is 0 Å². The lowest BCUT2D eigenvalue weighted by atomic mass is 9.84. The maximum absolute atomic E-state index is 12.1. The van der Waals surface area contributed by atoms with Crippen LogP contribution in [0.25, 0.3) is 0 Å². The van der Waals surface area contributed by atoms with Gasteiger partial charge in [-0.3, -0.25) is 4.79 Å². The van der Waals surface area contributed by atoms with E-state index in [1.54, 1.807) is 0 Å². The van der Waals surface area contributed by atoms with Crippen LogP contribution >= 0.6 is 0 Å². The number of carbonyl (C=O) groups is 2. The molecule has 0 aromatic carbocycles. The molecule has 1 aliphatic carbocycles. The summed E-state index contributed by atoms with van der Waals surface area (Å²) >= 11 is 0. The van der Waals surface area contributed by atoms with E-state index in [1.165, 1.54) is 12.5 Å². The summed E-state index contributed by atoms with van der Waals surface area (Å²) in [6.07, 6.45) is 6.29. The Morgan fingerprint density at radius 3 is 2.82 bits per heavy atom. The summed E-state index contributed by atoms with van der Waals surface area (Å²) in [5.41, 5.74) is 1.90. The minimum absolute atomic E-state index is 0.168. The molecule has 2 saturated heterocycles. The lowest BCUT2D eigenvalue weighted by molar-refractivity contribution is -0.143. The summed E-state index contributed by atoms with van der Waals surface area (Å²) in [5, 5.41) is 10.8. The predicted octanol–water partition coefficient (Wildman–Crippen LogP) is 3.00. The molecule has 2 heterocycles. The van der Waals surface area contributed by atoms with Gasteiger partial charge >= 0.3 is 11.9 Å². The van der Waals surface area contributed by atoms with Crippen LogP contribution in [0.5, 0.6) is 0 Å². The number of hydrogen-bond acceptors (Lipinski definition) is 6. The molecule has 2 unspecified atom stereocenters. The number of aliphatic hydroxyl groups is 1. The Morgan fingerprint density at radius 1 is 1.36 bits per heavy atom. The predicted molar refractivity (Wildman–Crippen MR) is 103 cm³/mol. The molecular formula is C22H30O6. The molecule has 0 aromatic heterocycles. The van der Waals surface area contributed by atoms with E-state index in [0.717, 1.165) is 31.3 Å². The summed E-state index contributed by atoms with van der Waals surface area (Å²) in [7, 11) is 0. The van der Waals surface area contributed by atoms with Crippen LogP contribution in [-0.4, -0.2) is 47.6 Å². The van der Waals surface area contributed by atoms with E-state index in [4.69, 9.17) is 14.2 Å². The van der Waals surface area contributed by atoms with Crippen molar-refractivity contribution in [2.24, 2.45) is 5.92 Å². The van der Waals surface area contributed by atoms with Crippen LogP contribution in [0.4, 0.5) is 0 Å². The maximum atomic E-state index is 12.1. The zero-order valence-electron chi connectivity index (χ0n) is 16.9. The fraction of sp³-hybridized carbons (Fsp3) is 0.636. The monoisotopic (exact) mass is 390 g/mol. The van der Waals surface area contributed by atoms with E-state index in [2.05, 4.69) is 19.6 Å². The fourth-order valence-corrected chi connectivity index (χ4v) is 4.15. The molecule has 0 aromatic rings. The molecule has 6 nitrogen and oxygen atoms in total. The zero-order valence-corrected chi connectivity index (χ0v) is 16.9. The molecule has 28 heavy (non-hydrogen) atoms. The third-order valence-corrected chi connectivity index (χ3v) is 6.09. The van der Waals surface area contributed by atoms with Crippen molar-refractivity contribution in [2.75, 3.05) is 6.61 Å². The van der Waals surface area contributed by atoms with Crippen LogP contribution < -0.4 is 0 Å². The number of esters is 2. The van der Waals surface area contributed by atoms with Crippen molar-refractivity contribution in [3.05, 3.63) is 35.5 Å². The average Bonchev–Trinajstić information content (AvgIpc) is 3.25. The highest BCUT2D eigenvalue weighted by Crippen LogP contribution is 2.48. The van der Waals surface area contributed by atoms with Gasteiger partial charge in [0.25, 0.3) is 0 Å². The summed E-state index contributed by atoms with van der Waals surface area (Å²) in [4.78, 5) is 23.4. The van der Waals surface area contributed by atoms with Crippen LogP contribution in [0.15, 0.2) is 35.5 Å². The van der Waals surface area contributed by atoms with Gasteiger partial charge in [0.1, 0.15) is 24.4 Å². The van der Waals surface area contributed by atoms with Crippen molar-refractivity contribution in [3.63, 3.8) is 0 Å². The molecule has 154 valence electrons. The number of epoxide rings is 1. The molecule has 1 N–H and O–H groups in total. The minimum atomic E-state index is -0.873. The van der Waals surface area contributed by atoms with E-state index < -0.39 is 23.8 Å². The van der Waals surface area contributed by atoms with Crippen LogP contribution in [0.1, 0.15) is 52.9 Å². The van der Waals surface area contributed by atoms with E-state index in [0.29, 0.717) is 12.0 Å². The van der Waals surface area contributed by atoms with Gasteiger partial charge in [0.05, 0.1) is 6.10 Å². The Balaban J connectivity index is 1.85. The maximum Gasteiger partial charge on any atom is 0.334 e. The van der Waals surface area contributed by atoms with Crippen LogP contribution in [0, 0.1) is 5.92 Å². The second kappa shape index (κ2) is 8.21. The molecule has 3 aliphatic rings. The number of carbonyl (C=O) groups excluding carboxylic acids is 2. The Labute approximate surface area is 166 Å². The normalized spacial score (nSPS) is 40.0. The van der Waals surface area contributed by atoms with Crippen molar-refractivity contribution in [2.45, 2.75) is 76.8 Å². The third-order valence-electron chi connectivity index (χ3n) is 6.09. The average molecular weight is 390 g/mol. The molecule has 0 spiro atoms. The van der Waals surface area contributed by atoms with E-state index in [1.807, 2.05) is 13.0 Å². The van der Waals surface area contributed by atoms with E-state index in [-0.39, 0.29) is 24.6 Å². The third kappa shape index (κ3) is 4.39. The molecule has 0 saturated carbocycles. The van der Waals surface area contributed by atoms with Crippen molar-refractivity contribution < 1.29 is 28.9 Å². The first-order valence-corrected chi connectivity index (χ1v) is 9.95. The zero-order chi connectivity index (χ0) is 20.5. The molecule has 2 aliphatic heterocycles. The van der Waals surface area contributed by atoms with Crippen molar-refractivity contribution in [1.29, 1.82) is 0 Å². The number of ether oxygens (including phenoxy) is 3. The number of hydrogen-bond donors (Lipinski definition) is 1. The number of fused-ring (bicyclic) bond motifs is 2. The molecule has 2 fully saturated rings. The van der Waals surface area contributed by atoms with Crippen LogP contribution in [-0.2, 0) is 23.8 Å². The molecule has 0 radical (unpaired) electrons. The quantitative estimate of drug-likeness (QED) is 0.338. The number of rotatable bonds is 2. The molecule has 3 rings (SSSR count). The van der Waals surface area contributed by atoms with E-state index in [9.17, 15) is 14.7 Å². The first kappa shape index (κ1) is 20.8. The standard InChI is InChI=1S/C22H30O6/c1-13-7-5-9-14(2)19(24)20-17(15(3)21(25)27-20)11-18-22(28-18,10-6-8-13)12-26-16(4)23/h8-9,17-20,24H,3,5-7,10-12H2,1-2,4H3/b13-8+,14-9+/t17-,18?,19-,20?,22+/m0/s1. The smallest absolute Gasteiger partial charge is 0.334 e. The van der Waals surface area contributed by atoms with E-state index >= 15 is 0 Å². The first-order valence-electron chi connectivity index (χ1n) is 9.95. The summed E-state index contributed by atoms with van der Waals surface area (Å²) in [5.74, 6) is -1.13. The Bertz CT molecular complexity index is 721. The summed E-state index contributed by atoms with van der Waals surface area (Å²) in [6, 6.07) is 0. The van der Waals surface area contributed by atoms with Crippen LogP contribution in [0.2, 0.25) is 0 Å². The summed E-state index contributed by atoms with van der Waals surface area (Å²) < 4.78 is 16.7. The van der Waals surface area contributed by atoms with Gasteiger partial charge in [-0.15, -0.1) is 0 Å². The highest BCUT2D eigenvalue weighted by atomic mass is 16.6. The largest absolute Gasteiger partial charge is 0.463 e. The lowest BCUT2D eigenvalue weighted by Gasteiger charge is -2.24. The molecule has 5 atom stereocenters. The SMILES string of the molecule is C=C1C(=O)OC2[C@H]1CC1O[C@@]1(COC(C)=O)CC/C=C(\C)CC/C=C(\C)[C@@H]2O. The first-order chi connectivity index (χ1) is 13.2. The second-order valence-corrected chi connectivity index (χ2v) is 8.21. The van der Waals surface area contributed by atoms with Gasteiger partial charge in [-0.2, -0.15) is 0 Å². The van der Waals surface area contributed by atoms with Gasteiger partial charge in [0.2, 0.25) is 0 Å². The topological polar surface area (TPSA) is 85.4 Å². The summed E-state index contributed by atoms with van der Waals surface area (Å²) in [6.45, 7) is 9.42. The van der Waals surface area contributed by atoms with Gasteiger partial charge in [0, 0.05) is 18.4 Å². The molecular weight excluding hydrogens is 360 g/mol. The highest BCUT2D eigenvalue weighted by Gasteiger charge is 2.59. The van der Waals surface area contributed by atoms with Gasteiger partial charge in [-0.05, 0) is 51.5 Å². The van der Waals surface area contributed by atoms with Crippen molar-refractivity contribution in [3.8, 4) is 0 Å². The highest BCUT2D eigenvalue weighted by molar-refractivity contribution is 5.91. The van der Waals surface area contributed by atoms with Gasteiger partial charge < -0.3 is 19.3 Å².